The molecule has 2 heterocycles. The fourth-order valence-electron chi connectivity index (χ4n) is 3.67. The summed E-state index contributed by atoms with van der Waals surface area (Å²) >= 11 is 5.96. The summed E-state index contributed by atoms with van der Waals surface area (Å²) in [6.07, 6.45) is 2.62. The molecule has 144 valence electrons. The highest BCUT2D eigenvalue weighted by atomic mass is 35.5. The van der Waals surface area contributed by atoms with E-state index in [2.05, 4.69) is 0 Å². The van der Waals surface area contributed by atoms with E-state index in [1.807, 2.05) is 36.4 Å². The number of esters is 1. The van der Waals surface area contributed by atoms with Crippen LogP contribution in [-0.4, -0.2) is 52.3 Å². The molecular weight excluding hydrogens is 368 g/mol. The molecule has 27 heavy (non-hydrogen) atoms. The van der Waals surface area contributed by atoms with Gasteiger partial charge in [-0.15, -0.1) is 11.6 Å². The van der Waals surface area contributed by atoms with Crippen LogP contribution in [-0.2, 0) is 20.9 Å². The van der Waals surface area contributed by atoms with Crippen molar-refractivity contribution in [3.63, 3.8) is 0 Å². The number of amides is 3. The first-order valence-corrected chi connectivity index (χ1v) is 9.62. The summed E-state index contributed by atoms with van der Waals surface area (Å²) in [5.41, 5.74) is 0.755. The summed E-state index contributed by atoms with van der Waals surface area (Å²) in [5, 5.41) is 0. The molecule has 3 amide bonds. The van der Waals surface area contributed by atoms with Gasteiger partial charge < -0.3 is 9.64 Å². The lowest BCUT2D eigenvalue weighted by Gasteiger charge is -2.38. The number of alkyl halides is 1. The molecule has 3 rings (SSSR count). The van der Waals surface area contributed by atoms with Crippen molar-refractivity contribution < 1.29 is 19.1 Å². The zero-order valence-corrected chi connectivity index (χ0v) is 16.1. The van der Waals surface area contributed by atoms with Gasteiger partial charge in [0.25, 0.3) is 5.91 Å². The van der Waals surface area contributed by atoms with Crippen LogP contribution in [0.15, 0.2) is 42.0 Å². The van der Waals surface area contributed by atoms with Crippen molar-refractivity contribution in [2.75, 3.05) is 19.0 Å². The number of hydrogen-bond donors (Lipinski definition) is 0. The van der Waals surface area contributed by atoms with E-state index in [4.69, 9.17) is 16.3 Å². The molecule has 1 aromatic carbocycles. The first-order valence-electron chi connectivity index (χ1n) is 9.09. The number of nitrogens with zero attached hydrogens (tertiary/aromatic N) is 2. The Morgan fingerprint density at radius 1 is 1.26 bits per heavy atom. The minimum atomic E-state index is -1.03. The molecule has 0 spiro atoms. The molecule has 1 fully saturated rings. The van der Waals surface area contributed by atoms with Crippen molar-refractivity contribution in [1.29, 1.82) is 0 Å². The van der Waals surface area contributed by atoms with Gasteiger partial charge in [0, 0.05) is 18.8 Å². The molecule has 2 aliphatic heterocycles. The maximum atomic E-state index is 13.3. The van der Waals surface area contributed by atoms with E-state index >= 15 is 0 Å². The first kappa shape index (κ1) is 19.4. The second-order valence-electron chi connectivity index (χ2n) is 6.78. The summed E-state index contributed by atoms with van der Waals surface area (Å²) in [4.78, 5) is 41.1. The number of ether oxygens (including phenoxy) is 1. The number of fused-ring (bicyclic) bond motifs is 1. The molecule has 0 bridgehead atoms. The lowest BCUT2D eigenvalue weighted by Crippen LogP contribution is -2.52. The zero-order valence-electron chi connectivity index (χ0n) is 15.3. The molecular formula is C20H23ClN2O4. The topological polar surface area (TPSA) is 66.9 Å². The molecule has 0 aromatic heterocycles. The van der Waals surface area contributed by atoms with Gasteiger partial charge in [-0.05, 0) is 30.9 Å². The smallest absolute Gasteiger partial charge is 0.328 e. The normalized spacial score (nSPS) is 21.9. The lowest BCUT2D eigenvalue weighted by molar-refractivity contribution is -0.144. The third kappa shape index (κ3) is 3.72. The monoisotopic (exact) mass is 390 g/mol. The quantitative estimate of drug-likeness (QED) is 0.310. The summed E-state index contributed by atoms with van der Waals surface area (Å²) < 4.78 is 5.00. The molecule has 1 saturated heterocycles. The number of benzene rings is 1. The molecule has 7 heteroatoms. The highest BCUT2D eigenvalue weighted by molar-refractivity contribution is 6.19. The Balaban J connectivity index is 1.87. The summed E-state index contributed by atoms with van der Waals surface area (Å²) in [7, 11) is 0. The first-order chi connectivity index (χ1) is 13.0. The third-order valence-corrected chi connectivity index (χ3v) is 5.46. The highest BCUT2D eigenvalue weighted by Crippen LogP contribution is 2.40. The standard InChI is InChI=1S/C20H23ClN2O4/c1-2-27-17(24)9-11-20-10-8-16(12-21)14-23(20)19(26)22(18(20)25)13-15-6-4-3-5-7-15/h3-8H,2,9-14H2,1H3. The molecule has 0 radical (unpaired) electrons. The van der Waals surface area contributed by atoms with Crippen LogP contribution in [0, 0.1) is 0 Å². The van der Waals surface area contributed by atoms with Gasteiger partial charge in [0.05, 0.1) is 13.2 Å². The maximum Gasteiger partial charge on any atom is 0.328 e. The number of carbonyl (C=O) groups is 3. The van der Waals surface area contributed by atoms with Gasteiger partial charge >= 0.3 is 12.0 Å². The minimum Gasteiger partial charge on any atom is -0.466 e. The van der Waals surface area contributed by atoms with E-state index in [0.29, 0.717) is 25.5 Å². The van der Waals surface area contributed by atoms with E-state index in [1.54, 1.807) is 11.8 Å². The molecule has 0 saturated carbocycles. The predicted octanol–water partition coefficient (Wildman–Crippen LogP) is 3.10. The van der Waals surface area contributed by atoms with E-state index in [9.17, 15) is 14.4 Å². The summed E-state index contributed by atoms with van der Waals surface area (Å²) in [6, 6.07) is 9.06. The van der Waals surface area contributed by atoms with Crippen LogP contribution in [0.1, 0.15) is 31.7 Å². The number of rotatable bonds is 7. The molecule has 6 nitrogen and oxygen atoms in total. The van der Waals surface area contributed by atoms with Crippen LogP contribution in [0.3, 0.4) is 0 Å². The highest BCUT2D eigenvalue weighted by Gasteiger charge is 2.57. The Bertz CT molecular complexity index is 765. The van der Waals surface area contributed by atoms with Gasteiger partial charge in [0.1, 0.15) is 5.54 Å². The van der Waals surface area contributed by atoms with Crippen molar-refractivity contribution >= 4 is 29.5 Å². The number of urea groups is 1. The number of halogens is 1. The molecule has 1 unspecified atom stereocenters. The number of carbonyl (C=O) groups excluding carboxylic acids is 3. The van der Waals surface area contributed by atoms with Gasteiger partial charge in [-0.25, -0.2) is 4.79 Å². The van der Waals surface area contributed by atoms with E-state index in [-0.39, 0.29) is 37.3 Å². The second-order valence-corrected chi connectivity index (χ2v) is 7.05. The SMILES string of the molecule is CCOC(=O)CCC12CC=C(CCl)CN1C(=O)N(Cc1ccccc1)C2=O. The predicted molar refractivity (Wildman–Crippen MR) is 101 cm³/mol. The van der Waals surface area contributed by atoms with Crippen LogP contribution >= 0.6 is 11.6 Å². The van der Waals surface area contributed by atoms with Crippen LogP contribution in [0.2, 0.25) is 0 Å². The zero-order chi connectivity index (χ0) is 19.4. The molecule has 1 atom stereocenters. The lowest BCUT2D eigenvalue weighted by atomic mass is 9.84. The van der Waals surface area contributed by atoms with Crippen LogP contribution in [0.4, 0.5) is 4.79 Å². The van der Waals surface area contributed by atoms with Crippen molar-refractivity contribution in [3.8, 4) is 0 Å². The summed E-state index contributed by atoms with van der Waals surface area (Å²) in [5.74, 6) is -0.309. The van der Waals surface area contributed by atoms with Crippen molar-refractivity contribution in [2.45, 2.75) is 38.3 Å². The van der Waals surface area contributed by atoms with Gasteiger partial charge in [-0.3, -0.25) is 14.5 Å². The molecule has 0 aliphatic carbocycles. The number of hydrogen-bond acceptors (Lipinski definition) is 4. The fourth-order valence-corrected chi connectivity index (χ4v) is 3.86. The maximum absolute atomic E-state index is 13.3. The van der Waals surface area contributed by atoms with Gasteiger partial charge in [-0.2, -0.15) is 0 Å². The third-order valence-electron chi connectivity index (χ3n) is 5.11. The molecule has 0 N–H and O–H groups in total. The van der Waals surface area contributed by atoms with Gasteiger partial charge in [-0.1, -0.05) is 36.4 Å². The summed E-state index contributed by atoms with van der Waals surface area (Å²) in [6.45, 7) is 2.55. The fraction of sp³-hybridized carbons (Fsp3) is 0.450. The van der Waals surface area contributed by atoms with Crippen LogP contribution in [0.5, 0.6) is 0 Å². The van der Waals surface area contributed by atoms with Crippen molar-refractivity contribution in [3.05, 3.63) is 47.5 Å². The Kier molecular flexibility index (Phi) is 5.85. The second kappa shape index (κ2) is 8.13. The van der Waals surface area contributed by atoms with Gasteiger partial charge in [0.2, 0.25) is 0 Å². The van der Waals surface area contributed by atoms with E-state index in [1.165, 1.54) is 4.90 Å². The van der Waals surface area contributed by atoms with E-state index in [0.717, 1.165) is 11.1 Å². The van der Waals surface area contributed by atoms with Crippen LogP contribution < -0.4 is 0 Å². The van der Waals surface area contributed by atoms with Crippen molar-refractivity contribution in [2.24, 2.45) is 0 Å². The Morgan fingerprint density at radius 2 is 2.00 bits per heavy atom. The minimum absolute atomic E-state index is 0.0899. The Hall–Kier alpha value is -2.34. The average Bonchev–Trinajstić information content (AvgIpc) is 2.89. The van der Waals surface area contributed by atoms with Gasteiger partial charge in [0.15, 0.2) is 0 Å². The number of imide groups is 1. The largest absolute Gasteiger partial charge is 0.466 e. The molecule has 1 aromatic rings. The van der Waals surface area contributed by atoms with E-state index < -0.39 is 5.54 Å². The molecule has 2 aliphatic rings. The Labute approximate surface area is 163 Å². The average molecular weight is 391 g/mol. The van der Waals surface area contributed by atoms with Crippen molar-refractivity contribution in [1.82, 2.24) is 9.80 Å². The Morgan fingerprint density at radius 3 is 2.67 bits per heavy atom. The van der Waals surface area contributed by atoms with Crippen LogP contribution in [0.25, 0.3) is 0 Å².